The zero-order valence-corrected chi connectivity index (χ0v) is 17.2. The molecule has 2 amide bonds. The van der Waals surface area contributed by atoms with Gasteiger partial charge in [-0.25, -0.2) is 0 Å². The van der Waals surface area contributed by atoms with E-state index in [1.165, 1.54) is 4.90 Å². The third-order valence-corrected chi connectivity index (χ3v) is 4.44. The monoisotopic (exact) mass is 408 g/mol. The van der Waals surface area contributed by atoms with Crippen LogP contribution in [0, 0.1) is 6.92 Å². The number of aromatic nitrogens is 2. The summed E-state index contributed by atoms with van der Waals surface area (Å²) in [6.07, 6.45) is 0.801. The molecule has 8 heteroatoms. The standard InChI is InChI=1S/C22H24N4O4/c1-4-16-9-5-7-11-18(16)24-21(27)13-26(3)22(28)17-10-6-8-12-19(17)29-14-20-23-15(2)30-25-20/h5-12H,4,13-14H2,1-3H3,(H,24,27). The van der Waals surface area contributed by atoms with Crippen LogP contribution in [0.5, 0.6) is 5.75 Å². The van der Waals surface area contributed by atoms with E-state index in [1.807, 2.05) is 31.2 Å². The van der Waals surface area contributed by atoms with Crippen LogP contribution in [0.2, 0.25) is 0 Å². The van der Waals surface area contributed by atoms with Gasteiger partial charge in [0.05, 0.1) is 12.1 Å². The molecule has 0 aliphatic rings. The lowest BCUT2D eigenvalue weighted by Gasteiger charge is -2.19. The molecule has 3 aromatic rings. The first-order valence-electron chi connectivity index (χ1n) is 9.62. The molecular formula is C22H24N4O4. The van der Waals surface area contributed by atoms with E-state index in [2.05, 4.69) is 15.5 Å². The van der Waals surface area contributed by atoms with Crippen LogP contribution in [0.3, 0.4) is 0 Å². The van der Waals surface area contributed by atoms with E-state index in [0.717, 1.165) is 17.7 Å². The lowest BCUT2D eigenvalue weighted by atomic mass is 10.1. The smallest absolute Gasteiger partial charge is 0.257 e. The molecular weight excluding hydrogens is 384 g/mol. The van der Waals surface area contributed by atoms with E-state index in [1.54, 1.807) is 38.2 Å². The maximum Gasteiger partial charge on any atom is 0.257 e. The molecule has 8 nitrogen and oxygen atoms in total. The number of nitrogens with zero attached hydrogens (tertiary/aromatic N) is 3. The molecule has 156 valence electrons. The molecule has 30 heavy (non-hydrogen) atoms. The van der Waals surface area contributed by atoms with Crippen molar-refractivity contribution in [3.05, 3.63) is 71.4 Å². The Hall–Kier alpha value is -3.68. The third-order valence-electron chi connectivity index (χ3n) is 4.44. The van der Waals surface area contributed by atoms with Gasteiger partial charge in [0.25, 0.3) is 5.91 Å². The summed E-state index contributed by atoms with van der Waals surface area (Å²) >= 11 is 0. The fourth-order valence-electron chi connectivity index (χ4n) is 2.94. The maximum absolute atomic E-state index is 12.9. The Morgan fingerprint density at radius 2 is 1.87 bits per heavy atom. The molecule has 0 spiro atoms. The van der Waals surface area contributed by atoms with Gasteiger partial charge < -0.3 is 19.5 Å². The van der Waals surface area contributed by atoms with Crippen LogP contribution in [0.4, 0.5) is 5.69 Å². The minimum Gasteiger partial charge on any atom is -0.485 e. The van der Waals surface area contributed by atoms with Crippen LogP contribution in [0.25, 0.3) is 0 Å². The zero-order chi connectivity index (χ0) is 21.5. The average molecular weight is 408 g/mol. The van der Waals surface area contributed by atoms with Crippen molar-refractivity contribution in [3.63, 3.8) is 0 Å². The van der Waals surface area contributed by atoms with E-state index in [-0.39, 0.29) is 25.0 Å². The molecule has 0 unspecified atom stereocenters. The van der Waals surface area contributed by atoms with Crippen LogP contribution in [-0.2, 0) is 17.8 Å². The molecule has 0 bridgehead atoms. The van der Waals surface area contributed by atoms with Crippen molar-refractivity contribution in [1.29, 1.82) is 0 Å². The summed E-state index contributed by atoms with van der Waals surface area (Å²) in [6, 6.07) is 14.4. The number of carbonyl (C=O) groups excluding carboxylic acids is 2. The number of nitrogens with one attached hydrogen (secondary N) is 1. The van der Waals surface area contributed by atoms with Gasteiger partial charge in [-0.2, -0.15) is 4.98 Å². The number of para-hydroxylation sites is 2. The van der Waals surface area contributed by atoms with E-state index in [9.17, 15) is 9.59 Å². The number of hydrogen-bond acceptors (Lipinski definition) is 6. The highest BCUT2D eigenvalue weighted by Crippen LogP contribution is 2.21. The molecule has 0 saturated heterocycles. The van der Waals surface area contributed by atoms with Gasteiger partial charge in [0.1, 0.15) is 5.75 Å². The fraction of sp³-hybridized carbons (Fsp3) is 0.273. The van der Waals surface area contributed by atoms with E-state index in [0.29, 0.717) is 23.0 Å². The second-order valence-electron chi connectivity index (χ2n) is 6.73. The Balaban J connectivity index is 1.64. The quantitative estimate of drug-likeness (QED) is 0.615. The van der Waals surface area contributed by atoms with Gasteiger partial charge >= 0.3 is 0 Å². The topological polar surface area (TPSA) is 97.6 Å². The summed E-state index contributed by atoms with van der Waals surface area (Å²) in [5.41, 5.74) is 2.14. The highest BCUT2D eigenvalue weighted by atomic mass is 16.5. The SMILES string of the molecule is CCc1ccccc1NC(=O)CN(C)C(=O)c1ccccc1OCc1noc(C)n1. The number of rotatable bonds is 8. The Labute approximate surface area is 174 Å². The Morgan fingerprint density at radius 3 is 2.60 bits per heavy atom. The van der Waals surface area contributed by atoms with Crippen LogP contribution in [0.15, 0.2) is 53.1 Å². The number of carbonyl (C=O) groups is 2. The molecule has 0 atom stereocenters. The molecule has 1 heterocycles. The van der Waals surface area contributed by atoms with Gasteiger partial charge in [-0.05, 0) is 30.2 Å². The lowest BCUT2D eigenvalue weighted by molar-refractivity contribution is -0.116. The number of aryl methyl sites for hydroxylation is 2. The molecule has 0 radical (unpaired) electrons. The average Bonchev–Trinajstić information content (AvgIpc) is 3.17. The molecule has 0 aliphatic carbocycles. The summed E-state index contributed by atoms with van der Waals surface area (Å²) < 4.78 is 10.6. The summed E-state index contributed by atoms with van der Waals surface area (Å²) in [7, 11) is 1.58. The van der Waals surface area contributed by atoms with E-state index < -0.39 is 0 Å². The van der Waals surface area contributed by atoms with Gasteiger partial charge in [0.15, 0.2) is 6.61 Å². The molecule has 0 saturated carbocycles. The number of benzene rings is 2. The fourth-order valence-corrected chi connectivity index (χ4v) is 2.94. The van der Waals surface area contributed by atoms with E-state index in [4.69, 9.17) is 9.26 Å². The first-order chi connectivity index (χ1) is 14.5. The van der Waals surface area contributed by atoms with Crippen LogP contribution < -0.4 is 10.1 Å². The van der Waals surface area contributed by atoms with Crippen LogP contribution >= 0.6 is 0 Å². The Bertz CT molecular complexity index is 1030. The predicted octanol–water partition coefficient (Wildman–Crippen LogP) is 3.23. The first-order valence-corrected chi connectivity index (χ1v) is 9.62. The molecule has 2 aromatic carbocycles. The normalized spacial score (nSPS) is 10.5. The van der Waals surface area contributed by atoms with Crippen molar-refractivity contribution in [1.82, 2.24) is 15.0 Å². The summed E-state index contributed by atoms with van der Waals surface area (Å²) in [4.78, 5) is 30.8. The highest BCUT2D eigenvalue weighted by molar-refractivity contribution is 6.00. The van der Waals surface area contributed by atoms with Crippen molar-refractivity contribution >= 4 is 17.5 Å². The number of likely N-dealkylation sites (N-methyl/N-ethyl adjacent to an activating group) is 1. The number of anilines is 1. The summed E-state index contributed by atoms with van der Waals surface area (Å²) in [5, 5.41) is 6.65. The van der Waals surface area contributed by atoms with Gasteiger partial charge in [-0.15, -0.1) is 0 Å². The predicted molar refractivity (Wildman–Crippen MR) is 111 cm³/mol. The second-order valence-corrected chi connectivity index (χ2v) is 6.73. The summed E-state index contributed by atoms with van der Waals surface area (Å²) in [5.74, 6) is 0.611. The van der Waals surface area contributed by atoms with Crippen molar-refractivity contribution in [2.24, 2.45) is 0 Å². The zero-order valence-electron chi connectivity index (χ0n) is 17.2. The minimum absolute atomic E-state index is 0.0691. The number of ether oxygens (including phenoxy) is 1. The second kappa shape index (κ2) is 9.69. The van der Waals surface area contributed by atoms with Gasteiger partial charge in [0, 0.05) is 19.7 Å². The van der Waals surface area contributed by atoms with Crippen molar-refractivity contribution in [2.45, 2.75) is 26.9 Å². The molecule has 0 fully saturated rings. The number of amides is 2. The van der Waals surface area contributed by atoms with Crippen molar-refractivity contribution < 1.29 is 18.8 Å². The van der Waals surface area contributed by atoms with Crippen LogP contribution in [0.1, 0.15) is 34.6 Å². The largest absolute Gasteiger partial charge is 0.485 e. The maximum atomic E-state index is 12.9. The van der Waals surface area contributed by atoms with Gasteiger partial charge in [-0.3, -0.25) is 9.59 Å². The van der Waals surface area contributed by atoms with Crippen LogP contribution in [-0.4, -0.2) is 40.4 Å². The first kappa shape index (κ1) is 21.0. The lowest BCUT2D eigenvalue weighted by Crippen LogP contribution is -2.35. The molecule has 3 rings (SSSR count). The summed E-state index contributed by atoms with van der Waals surface area (Å²) in [6.45, 7) is 3.69. The molecule has 0 aliphatic heterocycles. The minimum atomic E-state index is -0.325. The Kier molecular flexibility index (Phi) is 6.79. The van der Waals surface area contributed by atoms with E-state index >= 15 is 0 Å². The van der Waals surface area contributed by atoms with Gasteiger partial charge in [0.2, 0.25) is 17.6 Å². The Morgan fingerprint density at radius 1 is 1.13 bits per heavy atom. The van der Waals surface area contributed by atoms with Crippen molar-refractivity contribution in [2.75, 3.05) is 18.9 Å². The number of hydrogen-bond donors (Lipinski definition) is 1. The molecule has 1 N–H and O–H groups in total. The highest BCUT2D eigenvalue weighted by Gasteiger charge is 2.19. The van der Waals surface area contributed by atoms with Gasteiger partial charge in [-0.1, -0.05) is 42.4 Å². The molecule has 1 aromatic heterocycles. The van der Waals surface area contributed by atoms with Crippen molar-refractivity contribution in [3.8, 4) is 5.75 Å². The third kappa shape index (κ3) is 5.22.